The van der Waals surface area contributed by atoms with Crippen molar-refractivity contribution in [1.82, 2.24) is 5.32 Å². The SMILES string of the molecule is CCNc1ccc(C(=O)NCCCOCC2CC2)cc1C. The number of ether oxygens (including phenoxy) is 1. The summed E-state index contributed by atoms with van der Waals surface area (Å²) in [5.74, 6) is 0.793. The first-order chi connectivity index (χ1) is 10.2. The molecule has 0 bridgehead atoms. The van der Waals surface area contributed by atoms with E-state index in [0.717, 1.165) is 43.3 Å². The van der Waals surface area contributed by atoms with E-state index in [1.165, 1.54) is 12.8 Å². The second kappa shape index (κ2) is 8.03. The highest BCUT2D eigenvalue weighted by atomic mass is 16.5. The minimum Gasteiger partial charge on any atom is -0.385 e. The van der Waals surface area contributed by atoms with E-state index >= 15 is 0 Å². The molecule has 1 aliphatic rings. The Hall–Kier alpha value is -1.55. The summed E-state index contributed by atoms with van der Waals surface area (Å²) in [6.07, 6.45) is 3.50. The van der Waals surface area contributed by atoms with Gasteiger partial charge in [0.1, 0.15) is 0 Å². The number of amides is 1. The molecule has 0 unspecified atom stereocenters. The van der Waals surface area contributed by atoms with Crippen molar-refractivity contribution in [3.63, 3.8) is 0 Å². The average Bonchev–Trinajstić information content (AvgIpc) is 3.29. The van der Waals surface area contributed by atoms with Gasteiger partial charge < -0.3 is 15.4 Å². The van der Waals surface area contributed by atoms with Crippen molar-refractivity contribution in [2.45, 2.75) is 33.1 Å². The van der Waals surface area contributed by atoms with Crippen molar-refractivity contribution >= 4 is 11.6 Å². The maximum Gasteiger partial charge on any atom is 0.251 e. The van der Waals surface area contributed by atoms with E-state index in [1.807, 2.05) is 25.1 Å². The molecule has 4 heteroatoms. The molecule has 116 valence electrons. The molecule has 0 atom stereocenters. The zero-order valence-electron chi connectivity index (χ0n) is 13.1. The van der Waals surface area contributed by atoms with Crippen LogP contribution in [0.15, 0.2) is 18.2 Å². The highest BCUT2D eigenvalue weighted by Gasteiger charge is 2.20. The Bertz CT molecular complexity index is 470. The van der Waals surface area contributed by atoms with Crippen molar-refractivity contribution in [3.8, 4) is 0 Å². The minimum absolute atomic E-state index is 0.0108. The van der Waals surface area contributed by atoms with Crippen molar-refractivity contribution in [1.29, 1.82) is 0 Å². The number of benzene rings is 1. The predicted molar refractivity (Wildman–Crippen MR) is 85.8 cm³/mol. The molecule has 1 aliphatic carbocycles. The lowest BCUT2D eigenvalue weighted by Crippen LogP contribution is -2.25. The number of nitrogens with one attached hydrogen (secondary N) is 2. The van der Waals surface area contributed by atoms with Gasteiger partial charge in [-0.15, -0.1) is 0 Å². The molecule has 21 heavy (non-hydrogen) atoms. The van der Waals surface area contributed by atoms with Gasteiger partial charge in [0.15, 0.2) is 0 Å². The Balaban J connectivity index is 1.68. The summed E-state index contributed by atoms with van der Waals surface area (Å²) in [6, 6.07) is 5.76. The second-order valence-electron chi connectivity index (χ2n) is 5.69. The molecule has 0 aromatic heterocycles. The van der Waals surface area contributed by atoms with E-state index in [1.54, 1.807) is 0 Å². The summed E-state index contributed by atoms with van der Waals surface area (Å²) >= 11 is 0. The first-order valence-corrected chi connectivity index (χ1v) is 7.91. The Morgan fingerprint density at radius 2 is 2.19 bits per heavy atom. The Labute approximate surface area is 127 Å². The minimum atomic E-state index is -0.0108. The van der Waals surface area contributed by atoms with Crippen LogP contribution in [0.1, 0.15) is 42.1 Å². The van der Waals surface area contributed by atoms with Gasteiger partial charge in [-0.25, -0.2) is 0 Å². The zero-order chi connectivity index (χ0) is 15.1. The molecular formula is C17H26N2O2. The number of hydrogen-bond donors (Lipinski definition) is 2. The first-order valence-electron chi connectivity index (χ1n) is 7.91. The quantitative estimate of drug-likeness (QED) is 0.687. The maximum absolute atomic E-state index is 12.0. The number of aryl methyl sites for hydroxylation is 1. The Morgan fingerprint density at radius 1 is 1.38 bits per heavy atom. The van der Waals surface area contributed by atoms with Gasteiger partial charge in [0.05, 0.1) is 0 Å². The number of rotatable bonds is 9. The lowest BCUT2D eigenvalue weighted by molar-refractivity contribution is 0.0937. The average molecular weight is 290 g/mol. The standard InChI is InChI=1S/C17H26N2O2/c1-3-18-16-8-7-15(11-13(16)2)17(20)19-9-4-10-21-12-14-5-6-14/h7-8,11,14,18H,3-6,9-10,12H2,1-2H3,(H,19,20). The number of carbonyl (C=O) groups is 1. The summed E-state index contributed by atoms with van der Waals surface area (Å²) in [7, 11) is 0. The van der Waals surface area contributed by atoms with Crippen LogP contribution in [0, 0.1) is 12.8 Å². The largest absolute Gasteiger partial charge is 0.385 e. The molecule has 1 saturated carbocycles. The Kier molecular flexibility index (Phi) is 6.05. The molecule has 1 aromatic rings. The van der Waals surface area contributed by atoms with Crippen LogP contribution in [0.25, 0.3) is 0 Å². The molecular weight excluding hydrogens is 264 g/mol. The molecule has 4 nitrogen and oxygen atoms in total. The summed E-state index contributed by atoms with van der Waals surface area (Å²) < 4.78 is 5.55. The molecule has 0 radical (unpaired) electrons. The van der Waals surface area contributed by atoms with E-state index < -0.39 is 0 Å². The Morgan fingerprint density at radius 3 is 2.86 bits per heavy atom. The molecule has 1 fully saturated rings. The fraction of sp³-hybridized carbons (Fsp3) is 0.588. The van der Waals surface area contributed by atoms with E-state index in [-0.39, 0.29) is 5.91 Å². The maximum atomic E-state index is 12.0. The van der Waals surface area contributed by atoms with Crippen molar-refractivity contribution < 1.29 is 9.53 Å². The monoisotopic (exact) mass is 290 g/mol. The fourth-order valence-electron chi connectivity index (χ4n) is 2.21. The van der Waals surface area contributed by atoms with Gasteiger partial charge in [-0.05, 0) is 62.8 Å². The summed E-state index contributed by atoms with van der Waals surface area (Å²) in [5.41, 5.74) is 2.90. The van der Waals surface area contributed by atoms with Gasteiger partial charge in [0.25, 0.3) is 5.91 Å². The number of anilines is 1. The van der Waals surface area contributed by atoms with Gasteiger partial charge in [0.2, 0.25) is 0 Å². The van der Waals surface area contributed by atoms with Crippen LogP contribution < -0.4 is 10.6 Å². The van der Waals surface area contributed by atoms with Crippen molar-refractivity contribution in [3.05, 3.63) is 29.3 Å². The molecule has 2 N–H and O–H groups in total. The van der Waals surface area contributed by atoms with E-state index in [0.29, 0.717) is 12.1 Å². The van der Waals surface area contributed by atoms with Gasteiger partial charge in [-0.3, -0.25) is 4.79 Å². The number of hydrogen-bond acceptors (Lipinski definition) is 3. The van der Waals surface area contributed by atoms with Crippen LogP contribution in [0.5, 0.6) is 0 Å². The van der Waals surface area contributed by atoms with Crippen LogP contribution in [-0.4, -0.2) is 32.2 Å². The molecule has 1 amide bonds. The van der Waals surface area contributed by atoms with Crippen molar-refractivity contribution in [2.24, 2.45) is 5.92 Å². The lowest BCUT2D eigenvalue weighted by Gasteiger charge is -2.10. The smallest absolute Gasteiger partial charge is 0.251 e. The normalized spacial score (nSPS) is 14.0. The second-order valence-corrected chi connectivity index (χ2v) is 5.69. The van der Waals surface area contributed by atoms with Crippen LogP contribution >= 0.6 is 0 Å². The van der Waals surface area contributed by atoms with Gasteiger partial charge >= 0.3 is 0 Å². The van der Waals surface area contributed by atoms with Gasteiger partial charge in [-0.1, -0.05) is 0 Å². The predicted octanol–water partition coefficient (Wildman–Crippen LogP) is 2.97. The molecule has 1 aromatic carbocycles. The molecule has 0 aliphatic heterocycles. The van der Waals surface area contributed by atoms with Crippen LogP contribution in [0.2, 0.25) is 0 Å². The lowest BCUT2D eigenvalue weighted by atomic mass is 10.1. The third-order valence-electron chi connectivity index (χ3n) is 3.66. The topological polar surface area (TPSA) is 50.4 Å². The molecule has 0 spiro atoms. The molecule has 0 heterocycles. The highest BCUT2D eigenvalue weighted by molar-refractivity contribution is 5.94. The fourth-order valence-corrected chi connectivity index (χ4v) is 2.21. The molecule has 2 rings (SSSR count). The summed E-state index contributed by atoms with van der Waals surface area (Å²) in [6.45, 7) is 7.24. The number of carbonyl (C=O) groups excluding carboxylic acids is 1. The van der Waals surface area contributed by atoms with E-state index in [2.05, 4.69) is 17.6 Å². The summed E-state index contributed by atoms with van der Waals surface area (Å²) in [4.78, 5) is 12.0. The van der Waals surface area contributed by atoms with Crippen LogP contribution in [0.4, 0.5) is 5.69 Å². The van der Waals surface area contributed by atoms with E-state index in [4.69, 9.17) is 4.74 Å². The summed E-state index contributed by atoms with van der Waals surface area (Å²) in [5, 5.41) is 6.22. The third kappa shape index (κ3) is 5.38. The highest BCUT2D eigenvalue weighted by Crippen LogP contribution is 2.28. The molecule has 0 saturated heterocycles. The van der Waals surface area contributed by atoms with Crippen LogP contribution in [0.3, 0.4) is 0 Å². The van der Waals surface area contributed by atoms with Crippen LogP contribution in [-0.2, 0) is 4.74 Å². The van der Waals surface area contributed by atoms with Gasteiger partial charge in [-0.2, -0.15) is 0 Å². The first kappa shape index (κ1) is 15.8. The van der Waals surface area contributed by atoms with Crippen molar-refractivity contribution in [2.75, 3.05) is 31.6 Å². The van der Waals surface area contributed by atoms with Gasteiger partial charge in [0, 0.05) is 37.6 Å². The van der Waals surface area contributed by atoms with E-state index in [9.17, 15) is 4.79 Å². The third-order valence-corrected chi connectivity index (χ3v) is 3.66. The zero-order valence-corrected chi connectivity index (χ0v) is 13.1.